The van der Waals surface area contributed by atoms with E-state index in [1.807, 2.05) is 0 Å². The molecule has 2 heterocycles. The van der Waals surface area contributed by atoms with Crippen molar-refractivity contribution in [2.75, 3.05) is 26.3 Å². The van der Waals surface area contributed by atoms with E-state index in [1.165, 1.54) is 19.4 Å². The van der Waals surface area contributed by atoms with Crippen molar-refractivity contribution in [3.63, 3.8) is 0 Å². The largest absolute Gasteiger partial charge is 0.380 e. The summed E-state index contributed by atoms with van der Waals surface area (Å²) >= 11 is 0. The lowest BCUT2D eigenvalue weighted by molar-refractivity contribution is 0.0473. The van der Waals surface area contributed by atoms with E-state index in [1.54, 1.807) is 0 Å². The molecular formula is C13H26N2O. The number of hydrogen-bond donors (Lipinski definition) is 1. The molecule has 0 aromatic heterocycles. The molecule has 2 aliphatic rings. The van der Waals surface area contributed by atoms with Crippen LogP contribution in [0, 0.1) is 5.92 Å². The maximum atomic E-state index is 5.55. The third-order valence-corrected chi connectivity index (χ3v) is 4.11. The third kappa shape index (κ3) is 2.58. The Bertz CT molecular complexity index is 214. The van der Waals surface area contributed by atoms with E-state index < -0.39 is 0 Å². The van der Waals surface area contributed by atoms with Gasteiger partial charge >= 0.3 is 0 Å². The SMILES string of the molecule is CCC1CN(C2CCOC2)C(C(C)C)CN1. The molecule has 2 saturated heterocycles. The van der Waals surface area contributed by atoms with Crippen molar-refractivity contribution in [1.82, 2.24) is 10.2 Å². The van der Waals surface area contributed by atoms with Gasteiger partial charge in [0.25, 0.3) is 0 Å². The Balaban J connectivity index is 2.01. The Kier molecular flexibility index (Phi) is 4.22. The second-order valence-electron chi connectivity index (χ2n) is 5.54. The van der Waals surface area contributed by atoms with Gasteiger partial charge in [0.15, 0.2) is 0 Å². The second kappa shape index (κ2) is 5.48. The van der Waals surface area contributed by atoms with Gasteiger partial charge in [0, 0.05) is 37.8 Å². The topological polar surface area (TPSA) is 24.5 Å². The van der Waals surface area contributed by atoms with Crippen molar-refractivity contribution in [2.45, 2.75) is 51.7 Å². The molecule has 94 valence electrons. The van der Waals surface area contributed by atoms with Crippen LogP contribution in [0.15, 0.2) is 0 Å². The van der Waals surface area contributed by atoms with Gasteiger partial charge in [0.1, 0.15) is 0 Å². The summed E-state index contributed by atoms with van der Waals surface area (Å²) in [5, 5.41) is 3.67. The normalized spacial score (nSPS) is 37.1. The highest BCUT2D eigenvalue weighted by molar-refractivity contribution is 4.91. The monoisotopic (exact) mass is 226 g/mol. The fraction of sp³-hybridized carbons (Fsp3) is 1.00. The number of nitrogens with zero attached hydrogens (tertiary/aromatic N) is 1. The maximum Gasteiger partial charge on any atom is 0.0622 e. The van der Waals surface area contributed by atoms with Gasteiger partial charge < -0.3 is 10.1 Å². The van der Waals surface area contributed by atoms with E-state index in [0.717, 1.165) is 25.7 Å². The Hall–Kier alpha value is -0.120. The third-order valence-electron chi connectivity index (χ3n) is 4.11. The molecule has 0 radical (unpaired) electrons. The molecule has 3 heteroatoms. The standard InChI is InChI=1S/C13H26N2O/c1-4-11-8-15(12-5-6-16-9-12)13(7-14-11)10(2)3/h10-14H,4-9H2,1-3H3. The van der Waals surface area contributed by atoms with E-state index in [2.05, 4.69) is 31.0 Å². The fourth-order valence-electron chi connectivity index (χ4n) is 2.95. The van der Waals surface area contributed by atoms with Crippen molar-refractivity contribution >= 4 is 0 Å². The first-order chi connectivity index (χ1) is 7.72. The summed E-state index contributed by atoms with van der Waals surface area (Å²) in [4.78, 5) is 2.71. The Labute approximate surface area is 99.5 Å². The average molecular weight is 226 g/mol. The van der Waals surface area contributed by atoms with Crippen LogP contribution in [0.25, 0.3) is 0 Å². The van der Waals surface area contributed by atoms with Crippen LogP contribution in [0.5, 0.6) is 0 Å². The highest BCUT2D eigenvalue weighted by Crippen LogP contribution is 2.23. The average Bonchev–Trinajstić information content (AvgIpc) is 2.81. The van der Waals surface area contributed by atoms with Crippen molar-refractivity contribution in [3.05, 3.63) is 0 Å². The van der Waals surface area contributed by atoms with Crippen molar-refractivity contribution in [1.29, 1.82) is 0 Å². The summed E-state index contributed by atoms with van der Waals surface area (Å²) in [6.07, 6.45) is 2.45. The smallest absolute Gasteiger partial charge is 0.0622 e. The van der Waals surface area contributed by atoms with Crippen LogP contribution in [-0.2, 0) is 4.74 Å². The van der Waals surface area contributed by atoms with Gasteiger partial charge in [0.05, 0.1) is 6.61 Å². The lowest BCUT2D eigenvalue weighted by Gasteiger charge is -2.45. The molecule has 1 N–H and O–H groups in total. The number of piperazine rings is 1. The summed E-state index contributed by atoms with van der Waals surface area (Å²) < 4.78 is 5.55. The molecular weight excluding hydrogens is 200 g/mol. The van der Waals surface area contributed by atoms with E-state index >= 15 is 0 Å². The molecule has 0 aromatic carbocycles. The molecule has 2 aliphatic heterocycles. The molecule has 0 aromatic rings. The molecule has 0 bridgehead atoms. The lowest BCUT2D eigenvalue weighted by atomic mass is 9.95. The summed E-state index contributed by atoms with van der Waals surface area (Å²) in [7, 11) is 0. The second-order valence-corrected chi connectivity index (χ2v) is 5.54. The van der Waals surface area contributed by atoms with Crippen LogP contribution >= 0.6 is 0 Å². The van der Waals surface area contributed by atoms with E-state index in [4.69, 9.17) is 4.74 Å². The molecule has 3 unspecified atom stereocenters. The summed E-state index contributed by atoms with van der Waals surface area (Å²) in [5.41, 5.74) is 0. The highest BCUT2D eigenvalue weighted by Gasteiger charge is 2.35. The number of ether oxygens (including phenoxy) is 1. The van der Waals surface area contributed by atoms with E-state index in [0.29, 0.717) is 18.1 Å². The first-order valence-electron chi connectivity index (χ1n) is 6.79. The van der Waals surface area contributed by atoms with Crippen LogP contribution in [0.2, 0.25) is 0 Å². The predicted octanol–water partition coefficient (Wildman–Crippen LogP) is 1.48. The molecule has 2 rings (SSSR count). The molecule has 0 saturated carbocycles. The zero-order valence-electron chi connectivity index (χ0n) is 10.9. The van der Waals surface area contributed by atoms with E-state index in [-0.39, 0.29) is 0 Å². The number of rotatable bonds is 3. The van der Waals surface area contributed by atoms with Crippen LogP contribution < -0.4 is 5.32 Å². The highest BCUT2D eigenvalue weighted by atomic mass is 16.5. The molecule has 0 aliphatic carbocycles. The Morgan fingerprint density at radius 3 is 2.81 bits per heavy atom. The number of hydrogen-bond acceptors (Lipinski definition) is 3. The van der Waals surface area contributed by atoms with Gasteiger partial charge in [-0.2, -0.15) is 0 Å². The summed E-state index contributed by atoms with van der Waals surface area (Å²) in [5.74, 6) is 0.728. The Morgan fingerprint density at radius 1 is 1.44 bits per heavy atom. The minimum Gasteiger partial charge on any atom is -0.380 e. The van der Waals surface area contributed by atoms with Gasteiger partial charge in [0.2, 0.25) is 0 Å². The maximum absolute atomic E-state index is 5.55. The van der Waals surface area contributed by atoms with Crippen LogP contribution in [0.1, 0.15) is 33.6 Å². The summed E-state index contributed by atoms with van der Waals surface area (Å²) in [6, 6.07) is 2.04. The van der Waals surface area contributed by atoms with E-state index in [9.17, 15) is 0 Å². The Morgan fingerprint density at radius 2 is 2.25 bits per heavy atom. The minimum absolute atomic E-state index is 0.670. The van der Waals surface area contributed by atoms with Gasteiger partial charge in [-0.15, -0.1) is 0 Å². The zero-order valence-corrected chi connectivity index (χ0v) is 10.9. The van der Waals surface area contributed by atoms with Gasteiger partial charge in [-0.05, 0) is 18.8 Å². The zero-order chi connectivity index (χ0) is 11.5. The number of nitrogens with one attached hydrogen (secondary N) is 1. The first kappa shape index (κ1) is 12.3. The molecule has 2 fully saturated rings. The van der Waals surface area contributed by atoms with Gasteiger partial charge in [-0.25, -0.2) is 0 Å². The predicted molar refractivity (Wildman–Crippen MR) is 66.6 cm³/mol. The van der Waals surface area contributed by atoms with Crippen molar-refractivity contribution in [2.24, 2.45) is 5.92 Å². The first-order valence-corrected chi connectivity index (χ1v) is 6.79. The molecule has 0 amide bonds. The van der Waals surface area contributed by atoms with Gasteiger partial charge in [-0.1, -0.05) is 20.8 Å². The molecule has 0 spiro atoms. The summed E-state index contributed by atoms with van der Waals surface area (Å²) in [6.45, 7) is 11.2. The van der Waals surface area contributed by atoms with Crippen LogP contribution in [0.3, 0.4) is 0 Å². The van der Waals surface area contributed by atoms with Crippen LogP contribution in [0.4, 0.5) is 0 Å². The molecule has 16 heavy (non-hydrogen) atoms. The van der Waals surface area contributed by atoms with Crippen LogP contribution in [-0.4, -0.2) is 49.3 Å². The lowest BCUT2D eigenvalue weighted by Crippen LogP contribution is -2.61. The molecule has 3 atom stereocenters. The van der Waals surface area contributed by atoms with Crippen molar-refractivity contribution < 1.29 is 4.74 Å². The minimum atomic E-state index is 0.670. The fourth-order valence-corrected chi connectivity index (χ4v) is 2.95. The quantitative estimate of drug-likeness (QED) is 0.789. The van der Waals surface area contributed by atoms with Gasteiger partial charge in [-0.3, -0.25) is 4.90 Å². The molecule has 3 nitrogen and oxygen atoms in total. The van der Waals surface area contributed by atoms with Crippen molar-refractivity contribution in [3.8, 4) is 0 Å².